The van der Waals surface area contributed by atoms with Crippen LogP contribution in [-0.4, -0.2) is 54.7 Å². The number of aliphatic hydroxyl groups is 1. The second-order valence-electron chi connectivity index (χ2n) is 6.53. The molecule has 3 N–H and O–H groups in total. The van der Waals surface area contributed by atoms with Crippen LogP contribution in [0.1, 0.15) is 19.3 Å². The third-order valence-corrected chi connectivity index (χ3v) is 5.09. The van der Waals surface area contributed by atoms with Gasteiger partial charge in [-0.1, -0.05) is 18.2 Å². The van der Waals surface area contributed by atoms with Crippen molar-refractivity contribution in [1.82, 2.24) is 10.2 Å². The van der Waals surface area contributed by atoms with Gasteiger partial charge in [0.05, 0.1) is 13.2 Å². The van der Waals surface area contributed by atoms with E-state index in [1.54, 1.807) is 0 Å². The van der Waals surface area contributed by atoms with Gasteiger partial charge in [-0.05, 0) is 44.5 Å². The molecule has 2 aliphatic heterocycles. The van der Waals surface area contributed by atoms with Gasteiger partial charge in [-0.2, -0.15) is 0 Å². The standard InChI is InChI=1S/C17H25N3O2/c21-13-17-7-4-9-18-15(17)11-20(10-8-17)12-16(22)19-14-5-2-1-3-6-14/h1-3,5-6,15,18,21H,4,7-13H2,(H,19,22)/t15-,17-/m1/s1. The maximum Gasteiger partial charge on any atom is 0.238 e. The Hall–Kier alpha value is -1.43. The average Bonchev–Trinajstić information content (AvgIpc) is 2.55. The van der Waals surface area contributed by atoms with E-state index in [0.29, 0.717) is 12.6 Å². The molecule has 120 valence electrons. The van der Waals surface area contributed by atoms with Crippen molar-refractivity contribution in [2.75, 3.05) is 38.1 Å². The van der Waals surface area contributed by atoms with Crippen LogP contribution < -0.4 is 10.6 Å². The topological polar surface area (TPSA) is 64.6 Å². The van der Waals surface area contributed by atoms with E-state index in [4.69, 9.17) is 0 Å². The number of likely N-dealkylation sites (tertiary alicyclic amines) is 1. The molecule has 0 aromatic heterocycles. The van der Waals surface area contributed by atoms with Crippen molar-refractivity contribution >= 4 is 11.6 Å². The van der Waals surface area contributed by atoms with Gasteiger partial charge in [0.15, 0.2) is 0 Å². The number of benzene rings is 1. The summed E-state index contributed by atoms with van der Waals surface area (Å²) in [5.74, 6) is 0.0264. The molecule has 1 aromatic rings. The minimum absolute atomic E-state index is 0.0185. The van der Waals surface area contributed by atoms with E-state index in [2.05, 4.69) is 15.5 Å². The summed E-state index contributed by atoms with van der Waals surface area (Å²) in [6.07, 6.45) is 3.18. The lowest BCUT2D eigenvalue weighted by atomic mass is 9.70. The van der Waals surface area contributed by atoms with Crippen LogP contribution >= 0.6 is 0 Å². The van der Waals surface area contributed by atoms with Crippen LogP contribution in [0.5, 0.6) is 0 Å². The van der Waals surface area contributed by atoms with Crippen molar-refractivity contribution in [1.29, 1.82) is 0 Å². The van der Waals surface area contributed by atoms with E-state index in [-0.39, 0.29) is 17.9 Å². The Labute approximate surface area is 131 Å². The van der Waals surface area contributed by atoms with E-state index in [1.165, 1.54) is 0 Å². The van der Waals surface area contributed by atoms with Gasteiger partial charge in [-0.15, -0.1) is 0 Å². The van der Waals surface area contributed by atoms with Gasteiger partial charge in [0.2, 0.25) is 5.91 Å². The lowest BCUT2D eigenvalue weighted by Crippen LogP contribution is -2.61. The summed E-state index contributed by atoms with van der Waals surface area (Å²) in [7, 11) is 0. The minimum Gasteiger partial charge on any atom is -0.396 e. The quantitative estimate of drug-likeness (QED) is 0.778. The van der Waals surface area contributed by atoms with Crippen molar-refractivity contribution in [2.24, 2.45) is 5.41 Å². The van der Waals surface area contributed by atoms with Crippen LogP contribution in [0, 0.1) is 5.41 Å². The average molecular weight is 303 g/mol. The van der Waals surface area contributed by atoms with Crippen LogP contribution in [0.15, 0.2) is 30.3 Å². The highest BCUT2D eigenvalue weighted by atomic mass is 16.3. The van der Waals surface area contributed by atoms with E-state index in [0.717, 1.165) is 44.6 Å². The van der Waals surface area contributed by atoms with Crippen LogP contribution in [0.2, 0.25) is 0 Å². The van der Waals surface area contributed by atoms with Crippen molar-refractivity contribution < 1.29 is 9.90 Å². The van der Waals surface area contributed by atoms with E-state index >= 15 is 0 Å². The molecule has 0 aliphatic carbocycles. The molecule has 3 rings (SSSR count). The second-order valence-corrected chi connectivity index (χ2v) is 6.53. The normalized spacial score (nSPS) is 28.9. The summed E-state index contributed by atoms with van der Waals surface area (Å²) in [6.45, 7) is 3.38. The summed E-state index contributed by atoms with van der Waals surface area (Å²) in [6, 6.07) is 9.85. The molecular weight excluding hydrogens is 278 g/mol. The van der Waals surface area contributed by atoms with Gasteiger partial charge in [0.1, 0.15) is 0 Å². The Morgan fingerprint density at radius 2 is 2.18 bits per heavy atom. The minimum atomic E-state index is 0.0185. The third-order valence-electron chi connectivity index (χ3n) is 5.09. The van der Waals surface area contributed by atoms with Crippen molar-refractivity contribution in [3.8, 4) is 0 Å². The first-order valence-electron chi connectivity index (χ1n) is 8.13. The van der Waals surface area contributed by atoms with E-state index < -0.39 is 0 Å². The molecule has 1 amide bonds. The largest absolute Gasteiger partial charge is 0.396 e. The van der Waals surface area contributed by atoms with Crippen molar-refractivity contribution in [3.05, 3.63) is 30.3 Å². The van der Waals surface area contributed by atoms with Gasteiger partial charge in [-0.25, -0.2) is 0 Å². The number of piperidine rings is 2. The first-order valence-corrected chi connectivity index (χ1v) is 8.13. The highest BCUT2D eigenvalue weighted by Gasteiger charge is 2.44. The fourth-order valence-electron chi connectivity index (χ4n) is 3.73. The van der Waals surface area contributed by atoms with Gasteiger partial charge < -0.3 is 15.7 Å². The summed E-state index contributed by atoms with van der Waals surface area (Å²) < 4.78 is 0. The molecule has 22 heavy (non-hydrogen) atoms. The second kappa shape index (κ2) is 6.77. The monoisotopic (exact) mass is 303 g/mol. The molecule has 2 saturated heterocycles. The number of aliphatic hydroxyl groups excluding tert-OH is 1. The van der Waals surface area contributed by atoms with Gasteiger partial charge in [0.25, 0.3) is 0 Å². The highest BCUT2D eigenvalue weighted by molar-refractivity contribution is 5.92. The van der Waals surface area contributed by atoms with E-state index in [9.17, 15) is 9.90 Å². The number of hydrogen-bond acceptors (Lipinski definition) is 4. The number of amides is 1. The van der Waals surface area contributed by atoms with Crippen LogP contribution in [0.4, 0.5) is 5.69 Å². The van der Waals surface area contributed by atoms with Gasteiger partial charge in [0, 0.05) is 23.7 Å². The number of para-hydroxylation sites is 1. The Kier molecular flexibility index (Phi) is 4.76. The van der Waals surface area contributed by atoms with Crippen molar-refractivity contribution in [3.63, 3.8) is 0 Å². The summed E-state index contributed by atoms with van der Waals surface area (Å²) >= 11 is 0. The third kappa shape index (κ3) is 3.32. The number of anilines is 1. The SMILES string of the molecule is O=C(CN1CC[C@@]2(CO)CCCN[C@@H]2C1)Nc1ccccc1. The Bertz CT molecular complexity index is 508. The molecule has 2 heterocycles. The van der Waals surface area contributed by atoms with E-state index in [1.807, 2.05) is 30.3 Å². The molecule has 1 aromatic carbocycles. The van der Waals surface area contributed by atoms with Crippen molar-refractivity contribution in [2.45, 2.75) is 25.3 Å². The predicted octanol–water partition coefficient (Wildman–Crippen LogP) is 1.06. The lowest BCUT2D eigenvalue weighted by Gasteiger charge is -2.50. The zero-order valence-electron chi connectivity index (χ0n) is 12.9. The summed E-state index contributed by atoms with van der Waals surface area (Å²) in [5, 5.41) is 16.3. The van der Waals surface area contributed by atoms with Crippen LogP contribution in [0.25, 0.3) is 0 Å². The number of nitrogens with one attached hydrogen (secondary N) is 2. The predicted molar refractivity (Wildman–Crippen MR) is 86.7 cm³/mol. The summed E-state index contributed by atoms with van der Waals surface area (Å²) in [4.78, 5) is 14.4. The Morgan fingerprint density at radius 3 is 2.95 bits per heavy atom. The van der Waals surface area contributed by atoms with Gasteiger partial charge >= 0.3 is 0 Å². The number of hydrogen-bond donors (Lipinski definition) is 3. The smallest absolute Gasteiger partial charge is 0.238 e. The molecular formula is C17H25N3O2. The zero-order chi connectivity index (χ0) is 15.4. The molecule has 2 atom stereocenters. The zero-order valence-corrected chi connectivity index (χ0v) is 12.9. The molecule has 5 heteroatoms. The number of nitrogens with zero attached hydrogens (tertiary/aromatic N) is 1. The molecule has 0 radical (unpaired) electrons. The highest BCUT2D eigenvalue weighted by Crippen LogP contribution is 2.38. The number of rotatable bonds is 4. The molecule has 0 spiro atoms. The fourth-order valence-corrected chi connectivity index (χ4v) is 3.73. The van der Waals surface area contributed by atoms with Crippen LogP contribution in [0.3, 0.4) is 0 Å². The van der Waals surface area contributed by atoms with Crippen LogP contribution in [-0.2, 0) is 4.79 Å². The number of carbonyl (C=O) groups excluding carboxylic acids is 1. The lowest BCUT2D eigenvalue weighted by molar-refractivity contribution is -0.118. The molecule has 5 nitrogen and oxygen atoms in total. The maximum atomic E-state index is 12.2. The Balaban J connectivity index is 1.55. The maximum absolute atomic E-state index is 12.2. The van der Waals surface area contributed by atoms with Gasteiger partial charge in [-0.3, -0.25) is 9.69 Å². The molecule has 2 fully saturated rings. The first-order chi connectivity index (χ1) is 10.7. The fraction of sp³-hybridized carbons (Fsp3) is 0.588. The molecule has 0 unspecified atom stereocenters. The molecule has 0 bridgehead atoms. The summed E-state index contributed by atoms with van der Waals surface area (Å²) in [5.41, 5.74) is 0.856. The first kappa shape index (κ1) is 15.5. The Morgan fingerprint density at radius 1 is 1.36 bits per heavy atom. The number of fused-ring (bicyclic) bond motifs is 1. The molecule has 2 aliphatic rings. The molecule has 0 saturated carbocycles. The number of carbonyl (C=O) groups is 1.